The van der Waals surface area contributed by atoms with E-state index in [2.05, 4.69) is 54.7 Å². The Balaban J connectivity index is 0.000000505. The number of nitrogens with zero attached hydrogens (tertiary/aromatic N) is 3. The Morgan fingerprint density at radius 1 is 0.895 bits per heavy atom. The van der Waals surface area contributed by atoms with Gasteiger partial charge in [0.1, 0.15) is 6.29 Å². The second-order valence-electron chi connectivity index (χ2n) is 13.2. The molecule has 0 bridgehead atoms. The number of benzene rings is 1. The van der Waals surface area contributed by atoms with Crippen molar-refractivity contribution < 1.29 is 9.53 Å². The van der Waals surface area contributed by atoms with Gasteiger partial charge in [0.2, 0.25) is 0 Å². The third-order valence-electron chi connectivity index (χ3n) is 9.49. The quantitative estimate of drug-likeness (QED) is 0.360. The molecule has 1 aromatic rings. The van der Waals surface area contributed by atoms with Crippen LogP contribution < -0.4 is 9.80 Å². The smallest absolute Gasteiger partial charge is 0.120 e. The molecule has 0 spiro atoms. The van der Waals surface area contributed by atoms with Crippen LogP contribution in [0.5, 0.6) is 0 Å². The summed E-state index contributed by atoms with van der Waals surface area (Å²) < 4.78 is 5.66. The number of morpholine rings is 1. The van der Waals surface area contributed by atoms with Gasteiger partial charge >= 0.3 is 0 Å². The number of aldehydes is 1. The van der Waals surface area contributed by atoms with Crippen LogP contribution >= 0.6 is 0 Å². The van der Waals surface area contributed by atoms with E-state index in [1.54, 1.807) is 11.3 Å². The van der Waals surface area contributed by atoms with Gasteiger partial charge in [0.05, 0.1) is 13.2 Å². The summed E-state index contributed by atoms with van der Waals surface area (Å²) in [6, 6.07) is 5.19. The van der Waals surface area contributed by atoms with Crippen LogP contribution in [0.1, 0.15) is 104 Å². The van der Waals surface area contributed by atoms with Crippen molar-refractivity contribution in [1.29, 1.82) is 0 Å². The van der Waals surface area contributed by atoms with Crippen molar-refractivity contribution in [1.82, 2.24) is 4.90 Å². The van der Waals surface area contributed by atoms with Gasteiger partial charge in [-0.2, -0.15) is 0 Å². The highest BCUT2D eigenvalue weighted by Crippen LogP contribution is 2.49. The molecule has 1 aromatic carbocycles. The first-order valence-corrected chi connectivity index (χ1v) is 15.5. The maximum Gasteiger partial charge on any atom is 0.120 e. The number of carbonyl (C=O) groups is 1. The van der Waals surface area contributed by atoms with Crippen molar-refractivity contribution in [2.45, 2.75) is 98.8 Å². The topological polar surface area (TPSA) is 36.0 Å². The molecule has 38 heavy (non-hydrogen) atoms. The summed E-state index contributed by atoms with van der Waals surface area (Å²) >= 11 is 0. The van der Waals surface area contributed by atoms with Crippen LogP contribution in [0.15, 0.2) is 12.1 Å². The number of anilines is 2. The number of ether oxygens (including phenoxy) is 1. The predicted octanol–water partition coefficient (Wildman–Crippen LogP) is 6.92. The molecular weight excluding hydrogens is 470 g/mol. The van der Waals surface area contributed by atoms with Crippen molar-refractivity contribution in [3.63, 3.8) is 0 Å². The van der Waals surface area contributed by atoms with Crippen LogP contribution in [-0.4, -0.2) is 70.7 Å². The molecule has 0 atom stereocenters. The number of aryl methyl sites for hydroxylation is 1. The number of carbonyl (C=O) groups excluding carboxylic acids is 1. The van der Waals surface area contributed by atoms with Crippen LogP contribution in [-0.2, 0) is 16.0 Å². The molecule has 1 aliphatic carbocycles. The zero-order valence-electron chi connectivity index (χ0n) is 25.8. The fourth-order valence-corrected chi connectivity index (χ4v) is 6.41. The summed E-state index contributed by atoms with van der Waals surface area (Å²) in [5, 5.41) is 0. The Hall–Kier alpha value is -1.59. The standard InChI is InChI=1S/C27H45N3O.C6H12O/c1-5-22-20-26(29-14-12-28(4)13-15-29)24(21-25(22)30-16-18-31-19-17-30)23-8-10-27(6-2,7-3)11-9-23;1-6(2,3)4-5-7/h20-21,23H,5-19H2,1-4H3;5H,4H2,1-3H3. The van der Waals surface area contributed by atoms with Gasteiger partial charge < -0.3 is 24.2 Å². The summed E-state index contributed by atoms with van der Waals surface area (Å²) in [6.07, 6.45) is 10.9. The first-order chi connectivity index (χ1) is 18.1. The molecule has 0 radical (unpaired) electrons. The molecule has 3 fully saturated rings. The minimum absolute atomic E-state index is 0.182. The fourth-order valence-electron chi connectivity index (χ4n) is 6.41. The molecule has 4 rings (SSSR count). The van der Waals surface area contributed by atoms with E-state index in [9.17, 15) is 4.79 Å². The highest BCUT2D eigenvalue weighted by atomic mass is 16.5. The van der Waals surface area contributed by atoms with Crippen LogP contribution in [0, 0.1) is 10.8 Å². The molecule has 3 aliphatic rings. The molecule has 0 unspecified atom stereocenters. The number of piperazine rings is 1. The van der Waals surface area contributed by atoms with Crippen molar-refractivity contribution in [3.8, 4) is 0 Å². The van der Waals surface area contributed by atoms with Crippen LogP contribution in [0.25, 0.3) is 0 Å². The van der Waals surface area contributed by atoms with E-state index >= 15 is 0 Å². The molecule has 5 nitrogen and oxygen atoms in total. The van der Waals surface area contributed by atoms with Gasteiger partial charge in [-0.15, -0.1) is 0 Å². The molecule has 1 saturated carbocycles. The summed E-state index contributed by atoms with van der Waals surface area (Å²) in [7, 11) is 2.26. The van der Waals surface area contributed by atoms with Crippen molar-refractivity contribution in [2.75, 3.05) is 69.3 Å². The lowest BCUT2D eigenvalue weighted by Crippen LogP contribution is -2.45. The SMILES string of the molecule is CC(C)(C)CC=O.CCc1cc(N2CCN(C)CC2)c(C2CCC(CC)(CC)CC2)cc1N1CCOCC1. The van der Waals surface area contributed by atoms with E-state index in [0.29, 0.717) is 17.8 Å². The second-order valence-corrected chi connectivity index (χ2v) is 13.2. The molecule has 2 saturated heterocycles. The van der Waals surface area contributed by atoms with Gasteiger partial charge in [0.15, 0.2) is 0 Å². The zero-order chi connectivity index (χ0) is 27.8. The van der Waals surface area contributed by atoms with Gasteiger partial charge in [-0.25, -0.2) is 0 Å². The Kier molecular flexibility index (Phi) is 11.5. The summed E-state index contributed by atoms with van der Waals surface area (Å²) in [5.41, 5.74) is 6.98. The van der Waals surface area contributed by atoms with Gasteiger partial charge in [-0.3, -0.25) is 0 Å². The molecule has 2 heterocycles. The van der Waals surface area contributed by atoms with Crippen molar-refractivity contribution in [3.05, 3.63) is 23.3 Å². The van der Waals surface area contributed by atoms with Crippen molar-refractivity contribution >= 4 is 17.7 Å². The number of rotatable bonds is 7. The zero-order valence-corrected chi connectivity index (χ0v) is 25.8. The minimum Gasteiger partial charge on any atom is -0.378 e. The predicted molar refractivity (Wildman–Crippen MR) is 163 cm³/mol. The van der Waals surface area contributed by atoms with E-state index in [0.717, 1.165) is 52.1 Å². The summed E-state index contributed by atoms with van der Waals surface area (Å²) in [5.74, 6) is 0.714. The average molecular weight is 528 g/mol. The van der Waals surface area contributed by atoms with E-state index < -0.39 is 0 Å². The number of likely N-dealkylation sites (N-methyl/N-ethyl adjacent to an activating group) is 1. The Morgan fingerprint density at radius 3 is 1.95 bits per heavy atom. The monoisotopic (exact) mass is 527 g/mol. The van der Waals surface area contributed by atoms with E-state index in [4.69, 9.17) is 4.74 Å². The van der Waals surface area contributed by atoms with Crippen LogP contribution in [0.2, 0.25) is 0 Å². The maximum absolute atomic E-state index is 9.82. The Morgan fingerprint density at radius 2 is 1.47 bits per heavy atom. The molecule has 216 valence electrons. The lowest BCUT2D eigenvalue weighted by atomic mass is 9.66. The fraction of sp³-hybridized carbons (Fsp3) is 0.788. The van der Waals surface area contributed by atoms with E-state index in [1.807, 2.05) is 20.8 Å². The largest absolute Gasteiger partial charge is 0.378 e. The van der Waals surface area contributed by atoms with Gasteiger partial charge in [-0.05, 0) is 79.2 Å². The number of hydrogen-bond acceptors (Lipinski definition) is 5. The normalized spacial score (nSPS) is 21.1. The molecule has 0 N–H and O–H groups in total. The lowest BCUT2D eigenvalue weighted by molar-refractivity contribution is -0.109. The third-order valence-corrected chi connectivity index (χ3v) is 9.49. The number of hydrogen-bond donors (Lipinski definition) is 0. The molecule has 5 heteroatoms. The highest BCUT2D eigenvalue weighted by Gasteiger charge is 2.34. The second kappa shape index (κ2) is 14.2. The summed E-state index contributed by atoms with van der Waals surface area (Å²) in [6.45, 7) is 21.7. The Labute approximate surface area is 234 Å². The highest BCUT2D eigenvalue weighted by molar-refractivity contribution is 5.68. The van der Waals surface area contributed by atoms with Crippen LogP contribution in [0.3, 0.4) is 0 Å². The Bertz CT molecular complexity index is 850. The lowest BCUT2D eigenvalue weighted by Gasteiger charge is -2.42. The average Bonchev–Trinajstić information content (AvgIpc) is 2.93. The first-order valence-electron chi connectivity index (χ1n) is 15.5. The third kappa shape index (κ3) is 8.21. The van der Waals surface area contributed by atoms with Crippen LogP contribution in [0.4, 0.5) is 11.4 Å². The summed E-state index contributed by atoms with van der Waals surface area (Å²) in [4.78, 5) is 17.6. The minimum atomic E-state index is 0.182. The van der Waals surface area contributed by atoms with E-state index in [1.165, 1.54) is 62.9 Å². The van der Waals surface area contributed by atoms with Gasteiger partial charge in [0.25, 0.3) is 0 Å². The van der Waals surface area contributed by atoms with Gasteiger partial charge in [-0.1, -0.05) is 54.4 Å². The molecule has 0 aromatic heterocycles. The molecular formula is C33H57N3O2. The molecule has 2 aliphatic heterocycles. The van der Waals surface area contributed by atoms with Gasteiger partial charge in [0, 0.05) is 57.1 Å². The first kappa shape index (κ1) is 30.9. The van der Waals surface area contributed by atoms with Crippen molar-refractivity contribution in [2.24, 2.45) is 10.8 Å². The maximum atomic E-state index is 9.82. The molecule has 0 amide bonds. The van der Waals surface area contributed by atoms with E-state index in [-0.39, 0.29) is 5.41 Å².